The van der Waals surface area contributed by atoms with E-state index >= 15 is 0 Å². The second kappa shape index (κ2) is 11.0. The van der Waals surface area contributed by atoms with Crippen molar-refractivity contribution in [3.63, 3.8) is 0 Å². The second-order valence-electron chi connectivity index (χ2n) is 8.58. The van der Waals surface area contributed by atoms with Gasteiger partial charge in [-0.2, -0.15) is 0 Å². The van der Waals surface area contributed by atoms with Crippen molar-refractivity contribution in [1.82, 2.24) is 5.32 Å². The van der Waals surface area contributed by atoms with E-state index in [4.69, 9.17) is 18.9 Å². The Morgan fingerprint density at radius 3 is 2.19 bits per heavy atom. The topological polar surface area (TPSA) is 66.0 Å². The molecule has 2 aliphatic carbocycles. The van der Waals surface area contributed by atoms with E-state index in [2.05, 4.69) is 5.32 Å². The van der Waals surface area contributed by atoms with Gasteiger partial charge in [-0.3, -0.25) is 4.79 Å². The molecule has 7 heteroatoms. The van der Waals surface area contributed by atoms with Crippen molar-refractivity contribution >= 4 is 17.1 Å². The molecular weight excluding hydrogens is 473 g/mol. The Morgan fingerprint density at radius 2 is 1.59 bits per heavy atom. The first-order valence-electron chi connectivity index (χ1n) is 11.8. The van der Waals surface area contributed by atoms with E-state index in [1.54, 1.807) is 18.2 Å². The highest BCUT2D eigenvalue weighted by Crippen LogP contribution is 2.44. The van der Waals surface area contributed by atoms with Gasteiger partial charge in [0.1, 0.15) is 5.82 Å². The molecule has 4 rings (SSSR count). The maximum atomic E-state index is 14.3. The third-order valence-corrected chi connectivity index (χ3v) is 6.53. The fourth-order valence-corrected chi connectivity index (χ4v) is 4.64. The monoisotopic (exact) mass is 503 g/mol. The molecule has 0 fully saturated rings. The number of hydrogen-bond acceptors (Lipinski definition) is 5. The van der Waals surface area contributed by atoms with Crippen LogP contribution in [0.2, 0.25) is 0 Å². The smallest absolute Gasteiger partial charge is 0.287 e. The molecule has 0 saturated carbocycles. The highest BCUT2D eigenvalue weighted by molar-refractivity contribution is 6.08. The van der Waals surface area contributed by atoms with Gasteiger partial charge >= 0.3 is 0 Å². The molecule has 2 aromatic carbocycles. The van der Waals surface area contributed by atoms with Gasteiger partial charge in [0.05, 0.1) is 14.2 Å². The second-order valence-corrected chi connectivity index (χ2v) is 8.58. The van der Waals surface area contributed by atoms with Crippen LogP contribution < -0.4 is 5.32 Å². The van der Waals surface area contributed by atoms with Gasteiger partial charge in [0.2, 0.25) is 5.91 Å². The number of ether oxygens (including phenoxy) is 4. The average molecular weight is 504 g/mol. The molecule has 0 aromatic heterocycles. The SMILES string of the molecule is COC1=CC(=CC2=C(C)/C(=C/C(=O)NCc3ccccc3)c3cc(F)ccc32)C=C(OC)C1(OC)OC. The zero-order valence-electron chi connectivity index (χ0n) is 21.6. The molecule has 192 valence electrons. The Hall–Kier alpha value is -3.94. The van der Waals surface area contributed by atoms with Gasteiger partial charge in [-0.1, -0.05) is 36.4 Å². The largest absolute Gasteiger partial charge is 0.495 e. The number of methoxy groups -OCH3 is 4. The Labute approximate surface area is 216 Å². The fraction of sp³-hybridized carbons (Fsp3) is 0.233. The fourth-order valence-electron chi connectivity index (χ4n) is 4.64. The summed E-state index contributed by atoms with van der Waals surface area (Å²) in [4.78, 5) is 12.8. The summed E-state index contributed by atoms with van der Waals surface area (Å²) in [5.41, 5.74) is 5.60. The summed E-state index contributed by atoms with van der Waals surface area (Å²) in [6.45, 7) is 2.31. The van der Waals surface area contributed by atoms with Gasteiger partial charge in [-0.05, 0) is 76.3 Å². The molecule has 0 aliphatic heterocycles. The minimum Gasteiger partial charge on any atom is -0.495 e. The quantitative estimate of drug-likeness (QED) is 0.391. The van der Waals surface area contributed by atoms with Gasteiger partial charge in [0.15, 0.2) is 11.5 Å². The first-order valence-corrected chi connectivity index (χ1v) is 11.8. The molecular formula is C30H30FNO5. The summed E-state index contributed by atoms with van der Waals surface area (Å²) in [5, 5.41) is 2.91. The van der Waals surface area contributed by atoms with E-state index in [0.29, 0.717) is 29.2 Å². The summed E-state index contributed by atoms with van der Waals surface area (Å²) in [6.07, 6.45) is 7.07. The number of benzene rings is 2. The molecule has 1 N–H and O–H groups in total. The standard InChI is InChI=1S/C30H30FNO5/c1-19-24(13-21-14-27(34-2)30(36-4,37-5)28(15-21)35-3)23-12-11-22(31)16-26(23)25(19)17-29(33)32-18-20-9-7-6-8-10-20/h6-17H,18H2,1-5H3,(H,32,33)/b25-17-. The number of hydrogen-bond donors (Lipinski definition) is 1. The van der Waals surface area contributed by atoms with E-state index in [1.165, 1.54) is 46.6 Å². The van der Waals surface area contributed by atoms with Crippen LogP contribution in [-0.4, -0.2) is 40.1 Å². The van der Waals surface area contributed by atoms with Gasteiger partial charge < -0.3 is 24.3 Å². The molecule has 0 atom stereocenters. The summed E-state index contributed by atoms with van der Waals surface area (Å²) >= 11 is 0. The predicted molar refractivity (Wildman–Crippen MR) is 140 cm³/mol. The summed E-state index contributed by atoms with van der Waals surface area (Å²) in [6, 6.07) is 14.2. The van der Waals surface area contributed by atoms with Crippen molar-refractivity contribution in [1.29, 1.82) is 0 Å². The Kier molecular flexibility index (Phi) is 7.76. The Balaban J connectivity index is 1.74. The van der Waals surface area contributed by atoms with Crippen LogP contribution in [0.5, 0.6) is 0 Å². The van der Waals surface area contributed by atoms with Crippen LogP contribution in [0.4, 0.5) is 4.39 Å². The van der Waals surface area contributed by atoms with Crippen LogP contribution in [0.15, 0.2) is 95.5 Å². The summed E-state index contributed by atoms with van der Waals surface area (Å²) in [7, 11) is 6.07. The van der Waals surface area contributed by atoms with Gasteiger partial charge in [-0.25, -0.2) is 4.39 Å². The number of carbonyl (C=O) groups excluding carboxylic acids is 1. The highest BCUT2D eigenvalue weighted by atomic mass is 19.1. The first-order chi connectivity index (χ1) is 17.9. The van der Waals surface area contributed by atoms with Crippen LogP contribution in [0.1, 0.15) is 23.6 Å². The Bertz CT molecular complexity index is 1320. The van der Waals surface area contributed by atoms with Gasteiger partial charge in [0.25, 0.3) is 5.79 Å². The molecule has 0 heterocycles. The molecule has 0 spiro atoms. The molecule has 1 amide bonds. The van der Waals surface area contributed by atoms with Crippen molar-refractivity contribution in [3.05, 3.63) is 118 Å². The first kappa shape index (κ1) is 26.1. The average Bonchev–Trinajstić information content (AvgIpc) is 3.16. The van der Waals surface area contributed by atoms with Crippen molar-refractivity contribution < 1.29 is 28.1 Å². The van der Waals surface area contributed by atoms with Gasteiger partial charge in [-0.15, -0.1) is 0 Å². The third-order valence-electron chi connectivity index (χ3n) is 6.53. The lowest BCUT2D eigenvalue weighted by molar-refractivity contribution is -0.195. The van der Waals surface area contributed by atoms with Crippen molar-refractivity contribution in [2.75, 3.05) is 28.4 Å². The molecule has 2 aromatic rings. The number of carbonyl (C=O) groups is 1. The van der Waals surface area contributed by atoms with E-state index in [1.807, 2.05) is 43.3 Å². The summed E-state index contributed by atoms with van der Waals surface area (Å²) < 4.78 is 36.7. The Morgan fingerprint density at radius 1 is 0.946 bits per heavy atom. The van der Waals surface area contributed by atoms with E-state index in [0.717, 1.165) is 27.8 Å². The van der Waals surface area contributed by atoms with Crippen LogP contribution >= 0.6 is 0 Å². The molecule has 2 aliphatic rings. The lowest BCUT2D eigenvalue weighted by atomic mass is 9.96. The van der Waals surface area contributed by atoms with E-state index in [-0.39, 0.29) is 11.7 Å². The lowest BCUT2D eigenvalue weighted by Crippen LogP contribution is -2.41. The molecule has 37 heavy (non-hydrogen) atoms. The number of fused-ring (bicyclic) bond motifs is 1. The summed E-state index contributed by atoms with van der Waals surface area (Å²) in [5.74, 6) is -1.11. The van der Waals surface area contributed by atoms with Crippen molar-refractivity contribution in [3.8, 4) is 0 Å². The minimum absolute atomic E-state index is 0.256. The molecule has 0 unspecified atom stereocenters. The van der Waals surface area contributed by atoms with Crippen LogP contribution in [0.3, 0.4) is 0 Å². The maximum Gasteiger partial charge on any atom is 0.287 e. The number of allylic oxidation sites excluding steroid dienone is 7. The highest BCUT2D eigenvalue weighted by Gasteiger charge is 2.44. The molecule has 0 saturated heterocycles. The third kappa shape index (κ3) is 5.01. The van der Waals surface area contributed by atoms with Gasteiger partial charge in [0, 0.05) is 26.8 Å². The van der Waals surface area contributed by atoms with Crippen LogP contribution in [-0.2, 0) is 30.3 Å². The van der Waals surface area contributed by atoms with Crippen LogP contribution in [0.25, 0.3) is 11.1 Å². The van der Waals surface area contributed by atoms with Crippen molar-refractivity contribution in [2.24, 2.45) is 0 Å². The lowest BCUT2D eigenvalue weighted by Gasteiger charge is -2.35. The maximum absolute atomic E-state index is 14.3. The minimum atomic E-state index is -1.30. The van der Waals surface area contributed by atoms with Crippen LogP contribution in [0, 0.1) is 5.82 Å². The van der Waals surface area contributed by atoms with E-state index in [9.17, 15) is 9.18 Å². The number of halogens is 1. The van der Waals surface area contributed by atoms with Crippen molar-refractivity contribution in [2.45, 2.75) is 19.3 Å². The number of amides is 1. The number of rotatable bonds is 8. The normalized spacial score (nSPS) is 17.2. The predicted octanol–water partition coefficient (Wildman–Crippen LogP) is 5.30. The molecule has 6 nitrogen and oxygen atoms in total. The zero-order valence-corrected chi connectivity index (χ0v) is 21.6. The zero-order chi connectivity index (χ0) is 26.6. The number of nitrogens with one attached hydrogen (secondary N) is 1. The van der Waals surface area contributed by atoms with E-state index < -0.39 is 5.79 Å². The molecule has 0 radical (unpaired) electrons. The molecule has 0 bridgehead atoms.